The van der Waals surface area contributed by atoms with Crippen LogP contribution in [-0.4, -0.2) is 40.4 Å². The summed E-state index contributed by atoms with van der Waals surface area (Å²) in [5, 5.41) is 0.181. The summed E-state index contributed by atoms with van der Waals surface area (Å²) in [5.74, 6) is -2.06. The number of fused-ring (bicyclic) bond motifs is 1. The molecular weight excluding hydrogens is 389 g/mol. The summed E-state index contributed by atoms with van der Waals surface area (Å²) in [6.07, 6.45) is -1.97. The Kier molecular flexibility index (Phi) is 4.42. The van der Waals surface area contributed by atoms with Gasteiger partial charge < -0.3 is 9.47 Å². The molecule has 2 heterocycles. The smallest absolute Gasteiger partial charge is 0.341 e. The Bertz CT molecular complexity index is 807. The van der Waals surface area contributed by atoms with Gasteiger partial charge >= 0.3 is 6.18 Å². The van der Waals surface area contributed by atoms with Crippen molar-refractivity contribution in [3.8, 4) is 0 Å². The van der Waals surface area contributed by atoms with E-state index in [1.54, 1.807) is 17.0 Å². The zero-order chi connectivity index (χ0) is 17.5. The van der Waals surface area contributed by atoms with Crippen molar-refractivity contribution in [1.82, 2.24) is 9.47 Å². The van der Waals surface area contributed by atoms with Crippen molar-refractivity contribution in [3.63, 3.8) is 0 Å². The number of carbonyl (C=O) groups excluding carboxylic acids is 2. The molecule has 1 aliphatic heterocycles. The van der Waals surface area contributed by atoms with E-state index in [1.807, 2.05) is 0 Å². The first-order chi connectivity index (χ1) is 11.3. The normalized spacial score (nSPS) is 15.2. The number of ketones is 1. The molecule has 1 aliphatic rings. The van der Waals surface area contributed by atoms with Gasteiger partial charge in [-0.05, 0) is 31.0 Å². The van der Waals surface area contributed by atoms with E-state index in [1.165, 1.54) is 10.6 Å². The van der Waals surface area contributed by atoms with Gasteiger partial charge in [-0.15, -0.1) is 0 Å². The van der Waals surface area contributed by atoms with E-state index in [-0.39, 0.29) is 17.8 Å². The average molecular weight is 403 g/mol. The van der Waals surface area contributed by atoms with Gasteiger partial charge in [-0.1, -0.05) is 15.9 Å². The fourth-order valence-corrected chi connectivity index (χ4v) is 3.31. The fourth-order valence-electron chi connectivity index (χ4n) is 2.95. The molecule has 0 atom stereocenters. The van der Waals surface area contributed by atoms with Gasteiger partial charge in [-0.25, -0.2) is 0 Å². The molecule has 0 saturated carbocycles. The molecule has 1 fully saturated rings. The molecule has 24 heavy (non-hydrogen) atoms. The van der Waals surface area contributed by atoms with Crippen molar-refractivity contribution in [2.45, 2.75) is 25.6 Å². The molecule has 0 unspecified atom stereocenters. The highest BCUT2D eigenvalue weighted by Gasteiger charge is 2.41. The minimum atomic E-state index is -4.96. The minimum absolute atomic E-state index is 0.0801. The number of benzene rings is 1. The quantitative estimate of drug-likeness (QED) is 0.733. The van der Waals surface area contributed by atoms with Crippen molar-refractivity contribution < 1.29 is 22.8 Å². The molecule has 0 bridgehead atoms. The number of Topliss-reactive ketones (excluding diaryl/α,β-unsaturated/α-hetero) is 1. The molecule has 0 radical (unpaired) electrons. The van der Waals surface area contributed by atoms with Crippen molar-refractivity contribution in [1.29, 1.82) is 0 Å². The standard InChI is InChI=1S/C16H14BrF3N2O2/c17-10-3-4-13-11(7-10)12(15(24)16(18,19)20)8-22(13)9-14(23)21-5-1-2-6-21/h3-4,7-8H,1-2,5-6,9H2. The van der Waals surface area contributed by atoms with Crippen LogP contribution >= 0.6 is 15.9 Å². The maximum Gasteiger partial charge on any atom is 0.454 e. The predicted octanol–water partition coefficient (Wildman–Crippen LogP) is 3.77. The van der Waals surface area contributed by atoms with Crippen LogP contribution < -0.4 is 0 Å². The monoisotopic (exact) mass is 402 g/mol. The minimum Gasteiger partial charge on any atom is -0.341 e. The van der Waals surface area contributed by atoms with Crippen LogP contribution in [0.3, 0.4) is 0 Å². The zero-order valence-electron chi connectivity index (χ0n) is 12.6. The van der Waals surface area contributed by atoms with Crippen LogP contribution in [-0.2, 0) is 11.3 Å². The molecule has 3 rings (SSSR count). The number of likely N-dealkylation sites (tertiary alicyclic amines) is 1. The first-order valence-electron chi connectivity index (χ1n) is 7.45. The van der Waals surface area contributed by atoms with Crippen molar-refractivity contribution in [3.05, 3.63) is 34.4 Å². The van der Waals surface area contributed by atoms with Gasteiger partial charge in [0.1, 0.15) is 6.54 Å². The number of hydrogen-bond acceptors (Lipinski definition) is 2. The Morgan fingerprint density at radius 2 is 1.83 bits per heavy atom. The van der Waals surface area contributed by atoms with Crippen molar-refractivity contribution in [2.75, 3.05) is 13.1 Å². The average Bonchev–Trinajstić information content (AvgIpc) is 3.13. The van der Waals surface area contributed by atoms with E-state index in [0.717, 1.165) is 19.0 Å². The number of rotatable bonds is 3. The van der Waals surface area contributed by atoms with Crippen LogP contribution in [0, 0.1) is 0 Å². The molecule has 0 spiro atoms. The SMILES string of the molecule is O=C(Cn1cc(C(=O)C(F)(F)F)c2cc(Br)ccc21)N1CCCC1. The summed E-state index contributed by atoms with van der Waals surface area (Å²) in [4.78, 5) is 25.7. The second-order valence-corrected chi connectivity index (χ2v) is 6.66. The molecule has 0 N–H and O–H groups in total. The third-order valence-electron chi connectivity index (χ3n) is 4.11. The molecule has 8 heteroatoms. The summed E-state index contributed by atoms with van der Waals surface area (Å²) >= 11 is 3.20. The number of halogens is 4. The summed E-state index contributed by atoms with van der Waals surface area (Å²) in [7, 11) is 0. The number of hydrogen-bond donors (Lipinski definition) is 0. The van der Waals surface area contributed by atoms with Crippen LogP contribution in [0.4, 0.5) is 13.2 Å². The van der Waals surface area contributed by atoms with E-state index in [0.29, 0.717) is 23.1 Å². The van der Waals surface area contributed by atoms with Gasteiger partial charge in [-0.3, -0.25) is 9.59 Å². The Labute approximate surface area is 144 Å². The molecule has 1 amide bonds. The van der Waals surface area contributed by atoms with Crippen LogP contribution in [0.15, 0.2) is 28.9 Å². The molecule has 4 nitrogen and oxygen atoms in total. The van der Waals surface area contributed by atoms with Gasteiger partial charge in [0.2, 0.25) is 5.91 Å². The third-order valence-corrected chi connectivity index (χ3v) is 4.60. The van der Waals surface area contributed by atoms with Crippen LogP contribution in [0.5, 0.6) is 0 Å². The fraction of sp³-hybridized carbons (Fsp3) is 0.375. The second kappa shape index (κ2) is 6.23. The van der Waals surface area contributed by atoms with Gasteiger partial charge in [0.25, 0.3) is 5.78 Å². The van der Waals surface area contributed by atoms with Gasteiger partial charge in [-0.2, -0.15) is 13.2 Å². The number of carbonyl (C=O) groups is 2. The highest BCUT2D eigenvalue weighted by molar-refractivity contribution is 9.10. The predicted molar refractivity (Wildman–Crippen MR) is 85.8 cm³/mol. The largest absolute Gasteiger partial charge is 0.454 e. The topological polar surface area (TPSA) is 42.3 Å². The Morgan fingerprint density at radius 3 is 2.46 bits per heavy atom. The molecule has 2 aromatic rings. The van der Waals surface area contributed by atoms with E-state index >= 15 is 0 Å². The first kappa shape index (κ1) is 17.0. The van der Waals surface area contributed by atoms with Gasteiger partial charge in [0.05, 0.1) is 5.56 Å². The number of alkyl halides is 3. The van der Waals surface area contributed by atoms with Crippen LogP contribution in [0.25, 0.3) is 10.9 Å². The summed E-state index contributed by atoms with van der Waals surface area (Å²) < 4.78 is 40.5. The van der Waals surface area contributed by atoms with E-state index in [9.17, 15) is 22.8 Å². The molecule has 1 aromatic heterocycles. The Morgan fingerprint density at radius 1 is 1.17 bits per heavy atom. The highest BCUT2D eigenvalue weighted by atomic mass is 79.9. The molecule has 128 valence electrons. The summed E-state index contributed by atoms with van der Waals surface area (Å²) in [5.41, 5.74) is -0.00799. The lowest BCUT2D eigenvalue weighted by molar-refractivity contribution is -0.130. The van der Waals surface area contributed by atoms with E-state index < -0.39 is 17.5 Å². The van der Waals surface area contributed by atoms with E-state index in [4.69, 9.17) is 0 Å². The van der Waals surface area contributed by atoms with Crippen molar-refractivity contribution >= 4 is 38.5 Å². The maximum absolute atomic E-state index is 12.8. The molecule has 1 aromatic carbocycles. The maximum atomic E-state index is 12.8. The van der Waals surface area contributed by atoms with Crippen molar-refractivity contribution in [2.24, 2.45) is 0 Å². The number of aromatic nitrogens is 1. The Hall–Kier alpha value is -1.83. The lowest BCUT2D eigenvalue weighted by Crippen LogP contribution is -2.30. The zero-order valence-corrected chi connectivity index (χ0v) is 14.2. The second-order valence-electron chi connectivity index (χ2n) is 5.75. The lowest BCUT2D eigenvalue weighted by Gasteiger charge is -2.16. The van der Waals surface area contributed by atoms with Gasteiger partial charge in [0.15, 0.2) is 0 Å². The van der Waals surface area contributed by atoms with Crippen LogP contribution in [0.2, 0.25) is 0 Å². The first-order valence-corrected chi connectivity index (χ1v) is 8.24. The number of nitrogens with zero attached hydrogens (tertiary/aromatic N) is 2. The molecular formula is C16H14BrF3N2O2. The third kappa shape index (κ3) is 3.19. The summed E-state index contributed by atoms with van der Waals surface area (Å²) in [6.45, 7) is 1.25. The van der Waals surface area contributed by atoms with Gasteiger partial charge in [0, 0.05) is 34.7 Å². The van der Waals surface area contributed by atoms with E-state index in [2.05, 4.69) is 15.9 Å². The molecule has 1 saturated heterocycles. The summed E-state index contributed by atoms with van der Waals surface area (Å²) in [6, 6.07) is 4.73. The highest BCUT2D eigenvalue weighted by Crippen LogP contribution is 2.30. The number of amides is 1. The van der Waals surface area contributed by atoms with Crippen LogP contribution in [0.1, 0.15) is 23.2 Å². The Balaban J connectivity index is 2.02. The molecule has 0 aliphatic carbocycles. The lowest BCUT2D eigenvalue weighted by atomic mass is 10.1.